The number of rotatable bonds is 3. The maximum Gasteiger partial charge on any atom is 0.253 e. The van der Waals surface area contributed by atoms with E-state index in [-0.39, 0.29) is 5.91 Å². The first-order valence-electron chi connectivity index (χ1n) is 6.34. The Labute approximate surface area is 108 Å². The summed E-state index contributed by atoms with van der Waals surface area (Å²) >= 11 is 0. The third kappa shape index (κ3) is 2.28. The SMILES string of the molecule is CN(C)C(=O)c1ccc(N)c(N(C)C2CCC2)c1. The van der Waals surface area contributed by atoms with Crippen molar-refractivity contribution in [3.8, 4) is 0 Å². The minimum Gasteiger partial charge on any atom is -0.397 e. The van der Waals surface area contributed by atoms with Crippen LogP contribution in [0.15, 0.2) is 18.2 Å². The zero-order valence-electron chi connectivity index (χ0n) is 11.3. The molecule has 1 aromatic rings. The monoisotopic (exact) mass is 247 g/mol. The van der Waals surface area contributed by atoms with Crippen LogP contribution in [0.5, 0.6) is 0 Å². The summed E-state index contributed by atoms with van der Waals surface area (Å²) in [5.74, 6) is 0.0123. The Kier molecular flexibility index (Phi) is 3.45. The van der Waals surface area contributed by atoms with E-state index in [4.69, 9.17) is 5.73 Å². The van der Waals surface area contributed by atoms with Gasteiger partial charge in [-0.2, -0.15) is 0 Å². The zero-order chi connectivity index (χ0) is 13.3. The number of hydrogen-bond acceptors (Lipinski definition) is 3. The van der Waals surface area contributed by atoms with Crippen LogP contribution >= 0.6 is 0 Å². The summed E-state index contributed by atoms with van der Waals surface area (Å²) in [6.07, 6.45) is 3.70. The average molecular weight is 247 g/mol. The minimum atomic E-state index is 0.0123. The van der Waals surface area contributed by atoms with Gasteiger partial charge < -0.3 is 15.5 Å². The topological polar surface area (TPSA) is 49.6 Å². The van der Waals surface area contributed by atoms with Crippen molar-refractivity contribution in [3.63, 3.8) is 0 Å². The van der Waals surface area contributed by atoms with Gasteiger partial charge in [0.1, 0.15) is 0 Å². The molecule has 1 amide bonds. The molecule has 0 heterocycles. The normalized spacial score (nSPS) is 15.1. The number of nitrogen functional groups attached to an aromatic ring is 1. The molecule has 1 aromatic carbocycles. The van der Waals surface area contributed by atoms with E-state index in [1.807, 2.05) is 12.1 Å². The van der Waals surface area contributed by atoms with Crippen LogP contribution in [0.4, 0.5) is 11.4 Å². The summed E-state index contributed by atoms with van der Waals surface area (Å²) in [4.78, 5) is 15.7. The molecule has 0 aromatic heterocycles. The first kappa shape index (κ1) is 12.7. The van der Waals surface area contributed by atoms with Gasteiger partial charge in [-0.15, -0.1) is 0 Å². The molecule has 2 N–H and O–H groups in total. The lowest BCUT2D eigenvalue weighted by atomic mass is 9.91. The number of benzene rings is 1. The van der Waals surface area contributed by atoms with Gasteiger partial charge >= 0.3 is 0 Å². The predicted molar refractivity (Wildman–Crippen MR) is 74.9 cm³/mol. The lowest BCUT2D eigenvalue weighted by Gasteiger charge is -2.37. The maximum absolute atomic E-state index is 12.0. The van der Waals surface area contributed by atoms with E-state index in [1.165, 1.54) is 19.3 Å². The molecule has 2 rings (SSSR count). The molecule has 4 nitrogen and oxygen atoms in total. The molecular weight excluding hydrogens is 226 g/mol. The van der Waals surface area contributed by atoms with Gasteiger partial charge in [0, 0.05) is 32.7 Å². The van der Waals surface area contributed by atoms with E-state index in [1.54, 1.807) is 25.1 Å². The summed E-state index contributed by atoms with van der Waals surface area (Å²) in [6.45, 7) is 0. The van der Waals surface area contributed by atoms with Gasteiger partial charge in [-0.25, -0.2) is 0 Å². The summed E-state index contributed by atoms with van der Waals surface area (Å²) in [5.41, 5.74) is 8.41. The Morgan fingerprint density at radius 3 is 2.44 bits per heavy atom. The second kappa shape index (κ2) is 4.88. The highest BCUT2D eigenvalue weighted by Gasteiger charge is 2.24. The third-order valence-electron chi connectivity index (χ3n) is 3.69. The van der Waals surface area contributed by atoms with Crippen molar-refractivity contribution in [1.82, 2.24) is 4.90 Å². The van der Waals surface area contributed by atoms with Crippen molar-refractivity contribution in [1.29, 1.82) is 0 Å². The van der Waals surface area contributed by atoms with Crippen LogP contribution in [0, 0.1) is 0 Å². The van der Waals surface area contributed by atoms with Gasteiger partial charge in [-0.1, -0.05) is 0 Å². The lowest BCUT2D eigenvalue weighted by molar-refractivity contribution is 0.0827. The lowest BCUT2D eigenvalue weighted by Crippen LogP contribution is -2.37. The summed E-state index contributed by atoms with van der Waals surface area (Å²) < 4.78 is 0. The molecule has 1 fully saturated rings. The Balaban J connectivity index is 2.28. The van der Waals surface area contributed by atoms with Crippen LogP contribution in [0.2, 0.25) is 0 Å². The quantitative estimate of drug-likeness (QED) is 0.831. The minimum absolute atomic E-state index is 0.0123. The van der Waals surface area contributed by atoms with Crippen LogP contribution in [0.1, 0.15) is 29.6 Å². The van der Waals surface area contributed by atoms with Gasteiger partial charge in [0.15, 0.2) is 0 Å². The van der Waals surface area contributed by atoms with E-state index < -0.39 is 0 Å². The Bertz CT molecular complexity index is 452. The first-order chi connectivity index (χ1) is 8.50. The highest BCUT2D eigenvalue weighted by atomic mass is 16.2. The zero-order valence-corrected chi connectivity index (χ0v) is 11.3. The molecule has 0 bridgehead atoms. The van der Waals surface area contributed by atoms with Crippen molar-refractivity contribution in [2.75, 3.05) is 31.8 Å². The van der Waals surface area contributed by atoms with Crippen molar-refractivity contribution in [2.45, 2.75) is 25.3 Å². The molecule has 0 atom stereocenters. The van der Waals surface area contributed by atoms with Crippen LogP contribution < -0.4 is 10.6 Å². The van der Waals surface area contributed by atoms with E-state index in [0.717, 1.165) is 11.4 Å². The smallest absolute Gasteiger partial charge is 0.253 e. The second-order valence-corrected chi connectivity index (χ2v) is 5.17. The van der Waals surface area contributed by atoms with Gasteiger partial charge in [0.25, 0.3) is 5.91 Å². The number of nitrogens with two attached hydrogens (primary N) is 1. The van der Waals surface area contributed by atoms with Crippen LogP contribution in [-0.4, -0.2) is 38.0 Å². The van der Waals surface area contributed by atoms with Crippen molar-refractivity contribution >= 4 is 17.3 Å². The molecule has 98 valence electrons. The Hall–Kier alpha value is -1.71. The van der Waals surface area contributed by atoms with Gasteiger partial charge in [0.2, 0.25) is 0 Å². The highest BCUT2D eigenvalue weighted by molar-refractivity contribution is 5.96. The van der Waals surface area contributed by atoms with E-state index in [9.17, 15) is 4.79 Å². The average Bonchev–Trinajstić information content (AvgIpc) is 2.26. The molecule has 0 unspecified atom stereocenters. The number of nitrogens with zero attached hydrogens (tertiary/aromatic N) is 2. The fraction of sp³-hybridized carbons (Fsp3) is 0.500. The third-order valence-corrected chi connectivity index (χ3v) is 3.69. The summed E-state index contributed by atoms with van der Waals surface area (Å²) in [5, 5.41) is 0. The maximum atomic E-state index is 12.0. The fourth-order valence-corrected chi connectivity index (χ4v) is 2.21. The van der Waals surface area contributed by atoms with Gasteiger partial charge in [-0.3, -0.25) is 4.79 Å². The Morgan fingerprint density at radius 1 is 1.28 bits per heavy atom. The van der Waals surface area contributed by atoms with E-state index in [2.05, 4.69) is 11.9 Å². The molecular formula is C14H21N3O. The number of carbonyl (C=O) groups is 1. The molecule has 0 saturated heterocycles. The summed E-state index contributed by atoms with van der Waals surface area (Å²) in [7, 11) is 5.57. The number of carbonyl (C=O) groups excluding carboxylic acids is 1. The van der Waals surface area contributed by atoms with Crippen molar-refractivity contribution in [2.24, 2.45) is 0 Å². The number of anilines is 2. The molecule has 0 spiro atoms. The Morgan fingerprint density at radius 2 is 1.94 bits per heavy atom. The predicted octanol–water partition coefficient (Wildman–Crippen LogP) is 1.96. The van der Waals surface area contributed by atoms with Gasteiger partial charge in [-0.05, 0) is 37.5 Å². The second-order valence-electron chi connectivity index (χ2n) is 5.17. The molecule has 18 heavy (non-hydrogen) atoms. The molecule has 0 aliphatic heterocycles. The highest BCUT2D eigenvalue weighted by Crippen LogP contribution is 2.32. The van der Waals surface area contributed by atoms with Crippen molar-refractivity contribution in [3.05, 3.63) is 23.8 Å². The fourth-order valence-electron chi connectivity index (χ4n) is 2.21. The first-order valence-corrected chi connectivity index (χ1v) is 6.34. The standard InChI is InChI=1S/C14H21N3O/c1-16(2)14(18)10-7-8-12(15)13(9-10)17(3)11-5-4-6-11/h7-9,11H,4-6,15H2,1-3H3. The van der Waals surface area contributed by atoms with E-state index in [0.29, 0.717) is 11.6 Å². The number of hydrogen-bond donors (Lipinski definition) is 1. The van der Waals surface area contributed by atoms with Crippen LogP contribution in [-0.2, 0) is 0 Å². The van der Waals surface area contributed by atoms with Crippen LogP contribution in [0.25, 0.3) is 0 Å². The molecule has 0 radical (unpaired) electrons. The van der Waals surface area contributed by atoms with Crippen molar-refractivity contribution < 1.29 is 4.79 Å². The molecule has 1 saturated carbocycles. The molecule has 4 heteroatoms. The van der Waals surface area contributed by atoms with Gasteiger partial charge in [0.05, 0.1) is 11.4 Å². The molecule has 1 aliphatic rings. The van der Waals surface area contributed by atoms with Crippen LogP contribution in [0.3, 0.4) is 0 Å². The largest absolute Gasteiger partial charge is 0.397 e. The number of amides is 1. The summed E-state index contributed by atoms with van der Waals surface area (Å²) in [6, 6.07) is 6.07. The molecule has 1 aliphatic carbocycles. The van der Waals surface area contributed by atoms with E-state index >= 15 is 0 Å².